The molecule has 50 heavy (non-hydrogen) atoms. The van der Waals surface area contributed by atoms with Gasteiger partial charge < -0.3 is 14.5 Å². The van der Waals surface area contributed by atoms with Crippen LogP contribution in [0.4, 0.5) is 5.69 Å². The van der Waals surface area contributed by atoms with E-state index in [0.29, 0.717) is 30.9 Å². The molecule has 1 N–H and O–H groups in total. The molecular weight excluding hydrogens is 658 g/mol. The van der Waals surface area contributed by atoms with Gasteiger partial charge in [-0.3, -0.25) is 14.1 Å². The first kappa shape index (κ1) is 36.0. The second-order valence-electron chi connectivity index (χ2n) is 15.7. The molecule has 1 aromatic rings. The Bertz CT molecular complexity index is 1810. The molecule has 6 rings (SSSR count). The van der Waals surface area contributed by atoms with Crippen LogP contribution in [0.15, 0.2) is 36.1 Å². The molecule has 270 valence electrons. The third kappa shape index (κ3) is 7.19. The molecule has 0 bridgehead atoms. The third-order valence-electron chi connectivity index (χ3n) is 10.6. The highest BCUT2D eigenvalue weighted by Crippen LogP contribution is 2.49. The fourth-order valence-electron chi connectivity index (χ4n) is 7.92. The molecule has 12 heteroatoms. The molecule has 1 unspecified atom stereocenters. The first-order valence-corrected chi connectivity index (χ1v) is 19.4. The van der Waals surface area contributed by atoms with Crippen LogP contribution in [0.25, 0.3) is 5.57 Å². The lowest BCUT2D eigenvalue weighted by Crippen LogP contribution is -2.38. The van der Waals surface area contributed by atoms with Gasteiger partial charge in [0, 0.05) is 67.1 Å². The molecule has 1 aromatic carbocycles. The summed E-state index contributed by atoms with van der Waals surface area (Å²) in [7, 11) is -4.33. The van der Waals surface area contributed by atoms with Crippen molar-refractivity contribution in [2.75, 3.05) is 31.1 Å². The van der Waals surface area contributed by atoms with Crippen molar-refractivity contribution >= 4 is 44.9 Å². The highest BCUT2D eigenvalue weighted by Gasteiger charge is 2.53. The smallest absolute Gasteiger partial charge is 0.333 e. The second-order valence-corrected chi connectivity index (χ2v) is 17.3. The third-order valence-corrected chi connectivity index (χ3v) is 12.1. The van der Waals surface area contributed by atoms with Crippen LogP contribution >= 0.6 is 0 Å². The maximum atomic E-state index is 12.5. The average Bonchev–Trinajstić information content (AvgIpc) is 3.50. The van der Waals surface area contributed by atoms with E-state index in [0.717, 1.165) is 67.1 Å². The van der Waals surface area contributed by atoms with E-state index in [9.17, 15) is 27.4 Å². The fourth-order valence-corrected chi connectivity index (χ4v) is 9.16. The Labute approximate surface area is 295 Å². The van der Waals surface area contributed by atoms with E-state index in [1.807, 2.05) is 30.6 Å². The minimum absolute atomic E-state index is 0.0468. The van der Waals surface area contributed by atoms with Gasteiger partial charge >= 0.3 is 5.97 Å². The van der Waals surface area contributed by atoms with Crippen molar-refractivity contribution in [2.45, 2.75) is 104 Å². The topological polar surface area (TPSA) is 134 Å². The number of ether oxygens (including phenoxy) is 1. The summed E-state index contributed by atoms with van der Waals surface area (Å²) < 4.78 is 44.0. The SMILES string of the molecule is CC(C)(C)C1=C/C(=C\C=C\C2=[N+](CCCCCC(=O)ON3C(=O)CCC3=O)CC(S(=O)(=O)O)C2(C)C)c2cc3c4c(c2O1)CCCN4CCC3. The lowest BCUT2D eigenvalue weighted by Gasteiger charge is -2.40. The predicted molar refractivity (Wildman–Crippen MR) is 190 cm³/mol. The van der Waals surface area contributed by atoms with Gasteiger partial charge in [-0.05, 0) is 75.7 Å². The van der Waals surface area contributed by atoms with Crippen molar-refractivity contribution in [2.24, 2.45) is 10.8 Å². The maximum absolute atomic E-state index is 12.5. The number of unbranched alkanes of at least 4 members (excludes halogenated alkanes) is 2. The number of hydrogen-bond acceptors (Lipinski definition) is 8. The normalized spacial score (nSPS) is 22.6. The summed E-state index contributed by atoms with van der Waals surface area (Å²) in [6.45, 7) is 13.0. The number of amides is 2. The van der Waals surface area contributed by atoms with E-state index in [1.165, 1.54) is 16.8 Å². The van der Waals surface area contributed by atoms with Gasteiger partial charge in [-0.25, -0.2) is 9.37 Å². The summed E-state index contributed by atoms with van der Waals surface area (Å²) in [4.78, 5) is 43.2. The highest BCUT2D eigenvalue weighted by molar-refractivity contribution is 7.86. The Hall–Kier alpha value is -3.77. The van der Waals surface area contributed by atoms with E-state index in [4.69, 9.17) is 9.57 Å². The molecule has 1 saturated heterocycles. The Balaban J connectivity index is 1.23. The Kier molecular flexibility index (Phi) is 9.91. The number of allylic oxidation sites excluding steroid dienone is 6. The van der Waals surface area contributed by atoms with Crippen molar-refractivity contribution in [3.05, 3.63) is 52.8 Å². The van der Waals surface area contributed by atoms with Crippen molar-refractivity contribution < 1.29 is 41.5 Å². The molecule has 5 heterocycles. The van der Waals surface area contributed by atoms with Crippen molar-refractivity contribution in [3.8, 4) is 5.75 Å². The van der Waals surface area contributed by atoms with Crippen LogP contribution < -0.4 is 9.64 Å². The molecule has 1 fully saturated rings. The van der Waals surface area contributed by atoms with E-state index in [-0.39, 0.29) is 31.2 Å². The number of imide groups is 1. The van der Waals surface area contributed by atoms with E-state index < -0.39 is 38.6 Å². The Morgan fingerprint density at radius 1 is 1.08 bits per heavy atom. The van der Waals surface area contributed by atoms with Crippen LogP contribution in [0.5, 0.6) is 5.75 Å². The van der Waals surface area contributed by atoms with Crippen LogP contribution in [0.2, 0.25) is 0 Å². The van der Waals surface area contributed by atoms with Crippen LogP contribution in [-0.4, -0.2) is 77.5 Å². The lowest BCUT2D eigenvalue weighted by atomic mass is 9.83. The fraction of sp³-hybridized carbons (Fsp3) is 0.579. The minimum atomic E-state index is -4.33. The molecule has 11 nitrogen and oxygen atoms in total. The van der Waals surface area contributed by atoms with Gasteiger partial charge in [-0.1, -0.05) is 32.9 Å². The van der Waals surface area contributed by atoms with Crippen molar-refractivity contribution in [1.82, 2.24) is 5.06 Å². The molecular formula is C38H50N3O8S+. The summed E-state index contributed by atoms with van der Waals surface area (Å²) in [6.07, 6.45) is 14.4. The zero-order chi connectivity index (χ0) is 36.0. The van der Waals surface area contributed by atoms with E-state index in [1.54, 1.807) is 0 Å². The number of benzene rings is 1. The van der Waals surface area contributed by atoms with Gasteiger partial charge in [-0.15, -0.1) is 5.06 Å². The van der Waals surface area contributed by atoms with Crippen molar-refractivity contribution in [1.29, 1.82) is 0 Å². The molecule has 5 aliphatic rings. The molecule has 0 saturated carbocycles. The van der Waals surface area contributed by atoms with Crippen LogP contribution in [0, 0.1) is 10.8 Å². The number of fused-ring (bicyclic) bond motifs is 2. The summed E-state index contributed by atoms with van der Waals surface area (Å²) >= 11 is 0. The van der Waals surface area contributed by atoms with Gasteiger partial charge in [0.15, 0.2) is 17.5 Å². The quantitative estimate of drug-likeness (QED) is 0.144. The van der Waals surface area contributed by atoms with E-state index in [2.05, 4.69) is 43.9 Å². The minimum Gasteiger partial charge on any atom is -0.460 e. The van der Waals surface area contributed by atoms with Gasteiger partial charge in [0.25, 0.3) is 21.9 Å². The van der Waals surface area contributed by atoms with Gasteiger partial charge in [0.2, 0.25) is 0 Å². The monoisotopic (exact) mass is 708 g/mol. The Morgan fingerprint density at radius 2 is 1.78 bits per heavy atom. The summed E-state index contributed by atoms with van der Waals surface area (Å²) in [5.74, 6) is 0.204. The highest BCUT2D eigenvalue weighted by atomic mass is 32.2. The molecule has 0 spiro atoms. The van der Waals surface area contributed by atoms with Crippen LogP contribution in [0.1, 0.15) is 103 Å². The second kappa shape index (κ2) is 13.7. The molecule has 0 aromatic heterocycles. The molecule has 2 amide bonds. The first-order valence-electron chi connectivity index (χ1n) is 17.9. The van der Waals surface area contributed by atoms with Gasteiger partial charge in [0.05, 0.1) is 5.41 Å². The largest absolute Gasteiger partial charge is 0.460 e. The summed E-state index contributed by atoms with van der Waals surface area (Å²) in [5, 5.41) is -0.435. The van der Waals surface area contributed by atoms with Crippen molar-refractivity contribution in [3.63, 3.8) is 0 Å². The van der Waals surface area contributed by atoms with E-state index >= 15 is 0 Å². The number of hydrogen-bond donors (Lipinski definition) is 1. The Morgan fingerprint density at radius 3 is 2.46 bits per heavy atom. The van der Waals surface area contributed by atoms with Gasteiger partial charge in [-0.2, -0.15) is 8.42 Å². The van der Waals surface area contributed by atoms with Crippen LogP contribution in [-0.2, 0) is 42.2 Å². The lowest BCUT2D eigenvalue weighted by molar-refractivity contribution is -0.519. The number of aryl methyl sites for hydroxylation is 1. The maximum Gasteiger partial charge on any atom is 0.333 e. The average molecular weight is 709 g/mol. The molecule has 5 aliphatic heterocycles. The molecule has 0 aliphatic carbocycles. The zero-order valence-corrected chi connectivity index (χ0v) is 30.7. The molecule has 0 radical (unpaired) electrons. The molecule has 1 atom stereocenters. The predicted octanol–water partition coefficient (Wildman–Crippen LogP) is 5.56. The number of rotatable bonds is 10. The standard InChI is InChI=1S/C38H49N3O8S/c1-37(2,3)30-23-25(28-22-26-13-10-20-39-21-11-14-27(35(26)39)36(28)48-30)12-9-15-29-38(4,5)31(50(45,46)47)24-40(29)19-8-6-7-16-34(44)49-41-32(42)17-18-33(41)43/h9,12,15,22-23,31H,6-8,10-11,13-14,16-21,24H2,1-5H3/p+1. The number of carbonyl (C=O) groups is 3. The van der Waals surface area contributed by atoms with Gasteiger partial charge in [0.1, 0.15) is 18.1 Å². The summed E-state index contributed by atoms with van der Waals surface area (Å²) in [6, 6.07) is 2.30. The zero-order valence-electron chi connectivity index (χ0n) is 29.9. The van der Waals surface area contributed by atoms with Crippen LogP contribution in [0.3, 0.4) is 0 Å². The number of carbonyl (C=O) groups excluding carboxylic acids is 3. The number of hydroxylamine groups is 2. The first-order chi connectivity index (χ1) is 23.6. The summed E-state index contributed by atoms with van der Waals surface area (Å²) in [5.41, 5.74) is 5.91. The number of nitrogens with zero attached hydrogens (tertiary/aromatic N) is 3. The number of anilines is 1.